The van der Waals surface area contributed by atoms with Crippen LogP contribution in [0.25, 0.3) is 10.9 Å². The largest absolute Gasteiger partial charge is 0.356 e. The molecule has 0 radical (unpaired) electrons. The second-order valence-electron chi connectivity index (χ2n) is 5.36. The van der Waals surface area contributed by atoms with Crippen molar-refractivity contribution < 1.29 is 4.79 Å². The zero-order valence-corrected chi connectivity index (χ0v) is 12.3. The van der Waals surface area contributed by atoms with E-state index in [2.05, 4.69) is 9.88 Å². The predicted molar refractivity (Wildman–Crippen MR) is 82.9 cm³/mol. The number of carbonyl (C=O) groups excluding carboxylic acids is 1. The smallest absolute Gasteiger partial charge is 0.153 e. The molecule has 2 heterocycles. The maximum atomic E-state index is 11.4. The van der Waals surface area contributed by atoms with Crippen molar-refractivity contribution in [3.63, 3.8) is 0 Å². The van der Waals surface area contributed by atoms with Crippen LogP contribution in [0.4, 0.5) is 5.82 Å². The summed E-state index contributed by atoms with van der Waals surface area (Å²) >= 11 is 6.18. The Balaban J connectivity index is 2.14. The second-order valence-corrected chi connectivity index (χ2v) is 5.77. The number of anilines is 1. The van der Waals surface area contributed by atoms with Gasteiger partial charge in [0.1, 0.15) is 5.82 Å². The number of carbonyl (C=O) groups is 1. The van der Waals surface area contributed by atoms with Crippen LogP contribution in [0.5, 0.6) is 0 Å². The fourth-order valence-electron chi connectivity index (χ4n) is 2.76. The highest BCUT2D eigenvalue weighted by Crippen LogP contribution is 2.28. The first kappa shape index (κ1) is 13.4. The van der Waals surface area contributed by atoms with E-state index in [4.69, 9.17) is 11.6 Å². The van der Waals surface area contributed by atoms with Gasteiger partial charge in [0.05, 0.1) is 11.1 Å². The lowest BCUT2D eigenvalue weighted by atomic mass is 10.1. The molecule has 3 rings (SSSR count). The molecule has 0 aliphatic carbocycles. The molecule has 104 valence electrons. The maximum Gasteiger partial charge on any atom is 0.153 e. The van der Waals surface area contributed by atoms with E-state index >= 15 is 0 Å². The van der Waals surface area contributed by atoms with E-state index in [1.54, 1.807) is 0 Å². The quantitative estimate of drug-likeness (QED) is 0.783. The van der Waals surface area contributed by atoms with Gasteiger partial charge >= 0.3 is 0 Å². The van der Waals surface area contributed by atoms with Crippen LogP contribution in [0.2, 0.25) is 5.02 Å². The van der Waals surface area contributed by atoms with Crippen molar-refractivity contribution in [1.82, 2.24) is 4.98 Å². The van der Waals surface area contributed by atoms with E-state index in [1.165, 1.54) is 6.42 Å². The predicted octanol–water partition coefficient (Wildman–Crippen LogP) is 4.00. The molecule has 0 amide bonds. The van der Waals surface area contributed by atoms with E-state index in [0.29, 0.717) is 10.6 Å². The summed E-state index contributed by atoms with van der Waals surface area (Å²) in [5, 5.41) is 1.68. The third-order valence-corrected chi connectivity index (χ3v) is 4.29. The molecular weight excluding hydrogens is 272 g/mol. The molecule has 1 aromatic heterocycles. The Bertz CT molecular complexity index is 663. The van der Waals surface area contributed by atoms with Crippen LogP contribution in [0.15, 0.2) is 18.2 Å². The Labute approximate surface area is 123 Å². The lowest BCUT2D eigenvalue weighted by molar-refractivity contribution is 0.112. The number of rotatable bonds is 2. The number of halogens is 1. The zero-order chi connectivity index (χ0) is 14.1. The van der Waals surface area contributed by atoms with Gasteiger partial charge < -0.3 is 4.90 Å². The van der Waals surface area contributed by atoms with E-state index < -0.39 is 0 Å². The molecule has 0 unspecified atom stereocenters. The van der Waals surface area contributed by atoms with Gasteiger partial charge in [-0.25, -0.2) is 4.98 Å². The lowest BCUT2D eigenvalue weighted by Crippen LogP contribution is -2.31. The van der Waals surface area contributed by atoms with Gasteiger partial charge in [0.25, 0.3) is 0 Å². The van der Waals surface area contributed by atoms with Gasteiger partial charge in [-0.1, -0.05) is 11.6 Å². The van der Waals surface area contributed by atoms with Crippen molar-refractivity contribution in [3.8, 4) is 0 Å². The molecule has 0 spiro atoms. The third kappa shape index (κ3) is 2.38. The number of aldehydes is 1. The summed E-state index contributed by atoms with van der Waals surface area (Å²) in [5.41, 5.74) is 2.52. The third-order valence-electron chi connectivity index (χ3n) is 3.89. The van der Waals surface area contributed by atoms with Crippen molar-refractivity contribution in [1.29, 1.82) is 0 Å². The number of hydrogen-bond acceptors (Lipinski definition) is 3. The minimum absolute atomic E-state index is 0.668. The lowest BCUT2D eigenvalue weighted by Gasteiger charge is -2.28. The van der Waals surface area contributed by atoms with Crippen molar-refractivity contribution in [3.05, 3.63) is 34.3 Å². The zero-order valence-electron chi connectivity index (χ0n) is 11.5. The molecule has 0 atom stereocenters. The molecule has 1 aromatic carbocycles. The summed E-state index contributed by atoms with van der Waals surface area (Å²) in [5.74, 6) is 0.798. The van der Waals surface area contributed by atoms with Crippen molar-refractivity contribution in [2.24, 2.45) is 0 Å². The monoisotopic (exact) mass is 288 g/mol. The Kier molecular flexibility index (Phi) is 3.62. The SMILES string of the molecule is Cc1cc2cc(C=O)c(N3CCCCC3)nc2cc1Cl. The van der Waals surface area contributed by atoms with Crippen LogP contribution < -0.4 is 4.90 Å². The molecule has 2 aromatic rings. The minimum atomic E-state index is 0.668. The first-order chi connectivity index (χ1) is 9.69. The number of pyridine rings is 1. The highest BCUT2D eigenvalue weighted by molar-refractivity contribution is 6.32. The van der Waals surface area contributed by atoms with Crippen molar-refractivity contribution >= 4 is 34.6 Å². The maximum absolute atomic E-state index is 11.4. The number of aryl methyl sites for hydroxylation is 1. The standard InChI is InChI=1S/C16H17ClN2O/c1-11-7-12-8-13(10-20)16(18-15(12)9-14(11)17)19-5-3-2-4-6-19/h7-10H,2-6H2,1H3. The molecule has 3 nitrogen and oxygen atoms in total. The highest BCUT2D eigenvalue weighted by Gasteiger charge is 2.17. The average Bonchev–Trinajstić information content (AvgIpc) is 2.48. The number of hydrogen-bond donors (Lipinski definition) is 0. The van der Waals surface area contributed by atoms with Crippen LogP contribution in [-0.4, -0.2) is 24.4 Å². The van der Waals surface area contributed by atoms with Crippen molar-refractivity contribution in [2.75, 3.05) is 18.0 Å². The minimum Gasteiger partial charge on any atom is -0.356 e. The average molecular weight is 289 g/mol. The van der Waals surface area contributed by atoms with E-state index in [0.717, 1.165) is 54.5 Å². The summed E-state index contributed by atoms with van der Waals surface area (Å²) in [6.45, 7) is 3.90. The van der Waals surface area contributed by atoms with E-state index in [9.17, 15) is 4.79 Å². The Morgan fingerprint density at radius 2 is 1.95 bits per heavy atom. The molecule has 1 aliphatic heterocycles. The van der Waals surface area contributed by atoms with Crippen LogP contribution in [0, 0.1) is 6.92 Å². The van der Waals surface area contributed by atoms with Gasteiger partial charge in [0, 0.05) is 23.5 Å². The summed E-state index contributed by atoms with van der Waals surface area (Å²) in [7, 11) is 0. The Morgan fingerprint density at radius 3 is 2.65 bits per heavy atom. The molecular formula is C16H17ClN2O. The summed E-state index contributed by atoms with van der Waals surface area (Å²) in [6, 6.07) is 5.79. The van der Waals surface area contributed by atoms with Crippen LogP contribution in [-0.2, 0) is 0 Å². The fourth-order valence-corrected chi connectivity index (χ4v) is 2.92. The van der Waals surface area contributed by atoms with Gasteiger partial charge in [0.15, 0.2) is 6.29 Å². The normalized spacial score (nSPS) is 15.6. The molecule has 1 fully saturated rings. The van der Waals surface area contributed by atoms with Gasteiger partial charge in [-0.05, 0) is 49.9 Å². The first-order valence-corrected chi connectivity index (χ1v) is 7.38. The molecule has 0 N–H and O–H groups in total. The Hall–Kier alpha value is -1.61. The topological polar surface area (TPSA) is 33.2 Å². The molecule has 1 aliphatic rings. The number of piperidine rings is 1. The molecule has 1 saturated heterocycles. The highest BCUT2D eigenvalue weighted by atomic mass is 35.5. The first-order valence-electron chi connectivity index (χ1n) is 7.00. The van der Waals surface area contributed by atoms with Crippen LogP contribution >= 0.6 is 11.6 Å². The number of fused-ring (bicyclic) bond motifs is 1. The number of aromatic nitrogens is 1. The molecule has 0 bridgehead atoms. The fraction of sp³-hybridized carbons (Fsp3) is 0.375. The molecule has 4 heteroatoms. The van der Waals surface area contributed by atoms with Gasteiger partial charge in [0.2, 0.25) is 0 Å². The van der Waals surface area contributed by atoms with Gasteiger partial charge in [-0.3, -0.25) is 4.79 Å². The summed E-state index contributed by atoms with van der Waals surface area (Å²) < 4.78 is 0. The molecule has 0 saturated carbocycles. The summed E-state index contributed by atoms with van der Waals surface area (Å²) in [4.78, 5) is 18.3. The van der Waals surface area contributed by atoms with E-state index in [-0.39, 0.29) is 0 Å². The summed E-state index contributed by atoms with van der Waals surface area (Å²) in [6.07, 6.45) is 4.48. The van der Waals surface area contributed by atoms with E-state index in [1.807, 2.05) is 25.1 Å². The van der Waals surface area contributed by atoms with Crippen molar-refractivity contribution in [2.45, 2.75) is 26.2 Å². The second kappa shape index (κ2) is 5.41. The number of benzene rings is 1. The Morgan fingerprint density at radius 1 is 1.20 bits per heavy atom. The number of nitrogens with zero attached hydrogens (tertiary/aromatic N) is 2. The molecule has 20 heavy (non-hydrogen) atoms. The van der Waals surface area contributed by atoms with Crippen LogP contribution in [0.3, 0.4) is 0 Å². The van der Waals surface area contributed by atoms with Gasteiger partial charge in [-0.2, -0.15) is 0 Å². The van der Waals surface area contributed by atoms with Crippen LogP contribution in [0.1, 0.15) is 35.2 Å². The van der Waals surface area contributed by atoms with Gasteiger partial charge in [-0.15, -0.1) is 0 Å².